The van der Waals surface area contributed by atoms with E-state index in [1.807, 2.05) is 0 Å². The van der Waals surface area contributed by atoms with Crippen LogP contribution in [0.3, 0.4) is 0 Å². The van der Waals surface area contributed by atoms with Crippen molar-refractivity contribution >= 4 is 33.8 Å². The van der Waals surface area contributed by atoms with Crippen molar-refractivity contribution in [1.82, 2.24) is 4.98 Å². The van der Waals surface area contributed by atoms with E-state index in [-0.39, 0.29) is 0 Å². The summed E-state index contributed by atoms with van der Waals surface area (Å²) in [5.41, 5.74) is 1.10. The zero-order valence-electron chi connectivity index (χ0n) is 8.90. The highest BCUT2D eigenvalue weighted by atomic mass is 35.5. The van der Waals surface area contributed by atoms with Gasteiger partial charge in [0.05, 0.1) is 12.7 Å². The van der Waals surface area contributed by atoms with E-state index in [9.17, 15) is 0 Å². The first-order valence-electron chi connectivity index (χ1n) is 4.69. The topological polar surface area (TPSA) is 57.9 Å². The van der Waals surface area contributed by atoms with E-state index >= 15 is 0 Å². The molecule has 0 bridgehead atoms. The fourth-order valence-corrected chi connectivity index (χ4v) is 2.18. The third kappa shape index (κ3) is 2.49. The van der Waals surface area contributed by atoms with E-state index in [0.29, 0.717) is 27.3 Å². The van der Waals surface area contributed by atoms with Gasteiger partial charge >= 0.3 is 0 Å². The maximum Gasteiger partial charge on any atom is 0.188 e. The zero-order chi connectivity index (χ0) is 12.3. The summed E-state index contributed by atoms with van der Waals surface area (Å²) < 4.78 is 5.20. The number of methoxy groups -OCH3 is 1. The Hall–Kier alpha value is -1.77. The van der Waals surface area contributed by atoms with Crippen LogP contribution >= 0.6 is 22.9 Å². The Bertz CT molecular complexity index is 576. The van der Waals surface area contributed by atoms with Gasteiger partial charge in [0.25, 0.3) is 0 Å². The van der Waals surface area contributed by atoms with E-state index in [1.165, 1.54) is 11.3 Å². The van der Waals surface area contributed by atoms with Gasteiger partial charge in [0.15, 0.2) is 5.13 Å². The molecule has 0 aliphatic heterocycles. The number of aromatic nitrogens is 1. The number of nitrogens with one attached hydrogen (secondary N) is 1. The second-order valence-electron chi connectivity index (χ2n) is 3.10. The van der Waals surface area contributed by atoms with E-state index in [2.05, 4.69) is 16.4 Å². The van der Waals surface area contributed by atoms with Crippen LogP contribution in [-0.2, 0) is 0 Å². The van der Waals surface area contributed by atoms with Crippen molar-refractivity contribution in [3.63, 3.8) is 0 Å². The number of thiazole rings is 1. The van der Waals surface area contributed by atoms with E-state index in [0.717, 1.165) is 0 Å². The molecule has 0 aliphatic rings. The van der Waals surface area contributed by atoms with Crippen molar-refractivity contribution in [2.75, 3.05) is 12.4 Å². The molecule has 86 valence electrons. The molecule has 0 aliphatic carbocycles. The van der Waals surface area contributed by atoms with Crippen LogP contribution in [0.4, 0.5) is 10.8 Å². The summed E-state index contributed by atoms with van der Waals surface area (Å²) in [6, 6.07) is 7.34. The minimum Gasteiger partial charge on any atom is -0.495 e. The van der Waals surface area contributed by atoms with Crippen molar-refractivity contribution in [3.8, 4) is 11.8 Å². The minimum absolute atomic E-state index is 0.422. The van der Waals surface area contributed by atoms with Gasteiger partial charge in [-0.2, -0.15) is 5.26 Å². The Morgan fingerprint density at radius 1 is 1.53 bits per heavy atom. The molecule has 1 heterocycles. The molecule has 4 nitrogen and oxygen atoms in total. The van der Waals surface area contributed by atoms with Gasteiger partial charge < -0.3 is 10.1 Å². The van der Waals surface area contributed by atoms with Gasteiger partial charge in [-0.1, -0.05) is 17.7 Å². The molecular formula is C11H8ClN3OS. The summed E-state index contributed by atoms with van der Waals surface area (Å²) in [7, 11) is 1.55. The van der Waals surface area contributed by atoms with Gasteiger partial charge in [-0.3, -0.25) is 0 Å². The maximum atomic E-state index is 9.03. The predicted octanol–water partition coefficient (Wildman–Crippen LogP) is 3.42. The van der Waals surface area contributed by atoms with Crippen LogP contribution in [0, 0.1) is 11.3 Å². The molecular weight excluding hydrogens is 258 g/mol. The highest BCUT2D eigenvalue weighted by Gasteiger charge is 2.10. The van der Waals surface area contributed by atoms with Crippen LogP contribution in [0.5, 0.6) is 5.75 Å². The molecule has 0 spiro atoms. The van der Waals surface area contributed by atoms with Gasteiger partial charge in [0.2, 0.25) is 0 Å². The third-order valence-corrected chi connectivity index (χ3v) is 3.16. The number of hydrogen-bond donors (Lipinski definition) is 1. The van der Waals surface area contributed by atoms with E-state index < -0.39 is 0 Å². The van der Waals surface area contributed by atoms with Gasteiger partial charge in [0, 0.05) is 5.38 Å². The number of ether oxygens (including phenoxy) is 1. The van der Waals surface area contributed by atoms with Gasteiger partial charge in [0.1, 0.15) is 22.7 Å². The van der Waals surface area contributed by atoms with Crippen LogP contribution in [0.25, 0.3) is 0 Å². The van der Waals surface area contributed by atoms with Crippen LogP contribution in [0.1, 0.15) is 5.56 Å². The molecule has 2 rings (SSSR count). The van der Waals surface area contributed by atoms with Crippen LogP contribution in [0.15, 0.2) is 23.6 Å². The Balaban J connectivity index is 2.40. The SMILES string of the molecule is COc1cccc(C#N)c1Nc1nc(Cl)cs1. The molecule has 0 fully saturated rings. The minimum atomic E-state index is 0.422. The third-order valence-electron chi connectivity index (χ3n) is 2.07. The lowest BCUT2D eigenvalue weighted by Gasteiger charge is -2.10. The molecule has 2 aromatic rings. The molecule has 17 heavy (non-hydrogen) atoms. The first-order valence-corrected chi connectivity index (χ1v) is 5.95. The molecule has 0 atom stereocenters. The number of anilines is 2. The standard InChI is InChI=1S/C11H8ClN3OS/c1-16-8-4-2-3-7(5-13)10(8)15-11-14-9(12)6-17-11/h2-4,6H,1H3,(H,14,15). The predicted molar refractivity (Wildman–Crippen MR) is 68.1 cm³/mol. The molecule has 1 N–H and O–H groups in total. The summed E-state index contributed by atoms with van der Waals surface area (Å²) in [5.74, 6) is 0.593. The van der Waals surface area contributed by atoms with Crippen molar-refractivity contribution < 1.29 is 4.74 Å². The lowest BCUT2D eigenvalue weighted by Crippen LogP contribution is -1.97. The fourth-order valence-electron chi connectivity index (χ4n) is 1.34. The first kappa shape index (κ1) is 11.7. The second-order valence-corrected chi connectivity index (χ2v) is 4.34. The van der Waals surface area contributed by atoms with Crippen molar-refractivity contribution in [3.05, 3.63) is 34.3 Å². The molecule has 1 aromatic carbocycles. The Morgan fingerprint density at radius 3 is 2.94 bits per heavy atom. The summed E-state index contributed by atoms with van der Waals surface area (Å²) in [4.78, 5) is 4.06. The smallest absolute Gasteiger partial charge is 0.188 e. The number of benzene rings is 1. The Morgan fingerprint density at radius 2 is 2.35 bits per heavy atom. The van der Waals surface area contributed by atoms with Crippen molar-refractivity contribution in [2.24, 2.45) is 0 Å². The Kier molecular flexibility index (Phi) is 3.47. The number of nitrogens with zero attached hydrogens (tertiary/aromatic N) is 2. The van der Waals surface area contributed by atoms with Crippen LogP contribution in [-0.4, -0.2) is 12.1 Å². The maximum absolute atomic E-state index is 9.03. The molecule has 0 saturated heterocycles. The molecule has 1 aromatic heterocycles. The van der Waals surface area contributed by atoms with Crippen molar-refractivity contribution in [2.45, 2.75) is 0 Å². The number of nitriles is 1. The van der Waals surface area contributed by atoms with Gasteiger partial charge in [-0.15, -0.1) is 11.3 Å². The largest absolute Gasteiger partial charge is 0.495 e. The molecule has 0 unspecified atom stereocenters. The molecule has 0 radical (unpaired) electrons. The molecule has 0 amide bonds. The summed E-state index contributed by atoms with van der Waals surface area (Å²) in [5, 5.41) is 14.8. The van der Waals surface area contributed by atoms with E-state index in [1.54, 1.807) is 30.7 Å². The normalized spacial score (nSPS) is 9.71. The summed E-state index contributed by atoms with van der Waals surface area (Å²) in [6.45, 7) is 0. The lowest BCUT2D eigenvalue weighted by molar-refractivity contribution is 0.416. The number of para-hydroxylation sites is 1. The number of rotatable bonds is 3. The fraction of sp³-hybridized carbons (Fsp3) is 0.0909. The van der Waals surface area contributed by atoms with E-state index in [4.69, 9.17) is 21.6 Å². The van der Waals surface area contributed by atoms with Crippen molar-refractivity contribution in [1.29, 1.82) is 5.26 Å². The quantitative estimate of drug-likeness (QED) is 0.924. The average Bonchev–Trinajstić information content (AvgIpc) is 2.75. The lowest BCUT2D eigenvalue weighted by atomic mass is 10.2. The summed E-state index contributed by atoms with van der Waals surface area (Å²) in [6.07, 6.45) is 0. The summed E-state index contributed by atoms with van der Waals surface area (Å²) >= 11 is 7.10. The zero-order valence-corrected chi connectivity index (χ0v) is 10.5. The van der Waals surface area contributed by atoms with Crippen LogP contribution < -0.4 is 10.1 Å². The van der Waals surface area contributed by atoms with Gasteiger partial charge in [-0.25, -0.2) is 4.98 Å². The molecule has 0 saturated carbocycles. The Labute approximate surface area is 107 Å². The number of hydrogen-bond acceptors (Lipinski definition) is 5. The van der Waals surface area contributed by atoms with Gasteiger partial charge in [-0.05, 0) is 12.1 Å². The van der Waals surface area contributed by atoms with Crippen LogP contribution in [0.2, 0.25) is 5.15 Å². The highest BCUT2D eigenvalue weighted by Crippen LogP contribution is 2.32. The number of halogens is 1. The second kappa shape index (κ2) is 5.04. The first-order chi connectivity index (χ1) is 8.24. The molecule has 6 heteroatoms. The monoisotopic (exact) mass is 265 g/mol. The highest BCUT2D eigenvalue weighted by molar-refractivity contribution is 7.14. The average molecular weight is 266 g/mol.